The van der Waals surface area contributed by atoms with Crippen molar-refractivity contribution in [3.8, 4) is 0 Å². The Balaban J connectivity index is 1.20. The van der Waals surface area contributed by atoms with Crippen LogP contribution in [0.1, 0.15) is 43.4 Å². The lowest BCUT2D eigenvalue weighted by molar-refractivity contribution is -0.147. The van der Waals surface area contributed by atoms with Crippen LogP contribution in [0.3, 0.4) is 0 Å². The van der Waals surface area contributed by atoms with E-state index in [2.05, 4.69) is 29.2 Å². The number of H-pyrrole nitrogens is 1. The molecule has 1 spiro atoms. The van der Waals surface area contributed by atoms with Crippen LogP contribution in [-0.4, -0.2) is 61.4 Å². The molecule has 6 heteroatoms. The molecule has 1 aromatic carbocycles. The fourth-order valence-electron chi connectivity index (χ4n) is 5.09. The number of fused-ring (bicyclic) bond motifs is 4. The van der Waals surface area contributed by atoms with Crippen molar-refractivity contribution in [3.05, 3.63) is 35.5 Å². The first-order chi connectivity index (χ1) is 14.3. The van der Waals surface area contributed by atoms with E-state index in [0.29, 0.717) is 19.7 Å². The molecule has 29 heavy (non-hydrogen) atoms. The molecule has 6 nitrogen and oxygen atoms in total. The molecule has 2 saturated heterocycles. The summed E-state index contributed by atoms with van der Waals surface area (Å²) in [6, 6.07) is 8.48. The predicted octanol–water partition coefficient (Wildman–Crippen LogP) is 3.14. The highest BCUT2D eigenvalue weighted by Gasteiger charge is 2.43. The van der Waals surface area contributed by atoms with Gasteiger partial charge in [-0.3, -0.25) is 4.79 Å². The van der Waals surface area contributed by atoms with E-state index in [-0.39, 0.29) is 24.2 Å². The van der Waals surface area contributed by atoms with E-state index in [1.165, 1.54) is 28.6 Å². The monoisotopic (exact) mass is 398 g/mol. The number of nitrogens with zero attached hydrogens (tertiary/aromatic N) is 1. The Morgan fingerprint density at radius 1 is 1.21 bits per heavy atom. The normalized spacial score (nSPS) is 24.0. The molecule has 1 N–H and O–H groups in total. The van der Waals surface area contributed by atoms with Crippen LogP contribution in [0.25, 0.3) is 10.9 Å². The van der Waals surface area contributed by atoms with Gasteiger partial charge in [0.15, 0.2) is 0 Å². The van der Waals surface area contributed by atoms with Gasteiger partial charge in [-0.1, -0.05) is 18.2 Å². The summed E-state index contributed by atoms with van der Waals surface area (Å²) < 4.78 is 17.7. The van der Waals surface area contributed by atoms with E-state index in [1.807, 2.05) is 4.90 Å². The Morgan fingerprint density at radius 2 is 2.07 bits per heavy atom. The van der Waals surface area contributed by atoms with Gasteiger partial charge in [-0.05, 0) is 50.2 Å². The molecular weight excluding hydrogens is 368 g/mol. The number of aromatic nitrogens is 1. The van der Waals surface area contributed by atoms with Crippen molar-refractivity contribution in [2.75, 3.05) is 39.5 Å². The molecule has 2 aromatic rings. The highest BCUT2D eigenvalue weighted by Crippen LogP contribution is 2.43. The molecule has 0 aliphatic carbocycles. The van der Waals surface area contributed by atoms with Crippen molar-refractivity contribution in [1.82, 2.24) is 9.88 Å². The topological polar surface area (TPSA) is 63.8 Å². The molecule has 0 radical (unpaired) electrons. The fraction of sp³-hybridized carbons (Fsp3) is 0.609. The van der Waals surface area contributed by atoms with Gasteiger partial charge in [-0.25, -0.2) is 0 Å². The number of para-hydroxylation sites is 1. The number of rotatable bonds is 4. The van der Waals surface area contributed by atoms with Crippen molar-refractivity contribution < 1.29 is 19.0 Å². The summed E-state index contributed by atoms with van der Waals surface area (Å²) in [5.41, 5.74) is 3.50. The van der Waals surface area contributed by atoms with Gasteiger partial charge in [0.2, 0.25) is 5.91 Å². The number of amides is 1. The summed E-state index contributed by atoms with van der Waals surface area (Å²) in [4.78, 5) is 18.2. The zero-order chi connectivity index (χ0) is 19.7. The van der Waals surface area contributed by atoms with Crippen molar-refractivity contribution in [1.29, 1.82) is 0 Å². The van der Waals surface area contributed by atoms with Crippen molar-refractivity contribution in [2.24, 2.45) is 0 Å². The summed E-state index contributed by atoms with van der Waals surface area (Å²) in [6.07, 6.45) is 6.09. The molecule has 1 unspecified atom stereocenters. The second-order valence-electron chi connectivity index (χ2n) is 8.50. The summed E-state index contributed by atoms with van der Waals surface area (Å²) in [7, 11) is 0. The lowest BCUT2D eigenvalue weighted by Crippen LogP contribution is -2.49. The first-order valence-corrected chi connectivity index (χ1v) is 11.0. The second-order valence-corrected chi connectivity index (χ2v) is 8.50. The Bertz CT molecular complexity index is 863. The van der Waals surface area contributed by atoms with E-state index in [4.69, 9.17) is 14.2 Å². The van der Waals surface area contributed by atoms with Crippen LogP contribution in [0.5, 0.6) is 0 Å². The van der Waals surface area contributed by atoms with Gasteiger partial charge >= 0.3 is 0 Å². The molecule has 3 aliphatic rings. The number of benzene rings is 1. The fourth-order valence-corrected chi connectivity index (χ4v) is 5.09. The van der Waals surface area contributed by atoms with Gasteiger partial charge in [0.25, 0.3) is 0 Å². The number of aromatic amines is 1. The maximum absolute atomic E-state index is 12.6. The van der Waals surface area contributed by atoms with Gasteiger partial charge in [-0.15, -0.1) is 0 Å². The molecule has 5 rings (SSSR count). The number of nitrogens with one attached hydrogen (secondary N) is 1. The Kier molecular flexibility index (Phi) is 5.33. The predicted molar refractivity (Wildman–Crippen MR) is 110 cm³/mol. The van der Waals surface area contributed by atoms with E-state index in [1.54, 1.807) is 0 Å². The molecule has 4 heterocycles. The number of likely N-dealkylation sites (tertiary alicyclic amines) is 1. The molecule has 3 aliphatic heterocycles. The van der Waals surface area contributed by atoms with Crippen LogP contribution in [0.4, 0.5) is 0 Å². The van der Waals surface area contributed by atoms with E-state index in [0.717, 1.165) is 45.3 Å². The molecule has 1 amide bonds. The molecule has 1 atom stereocenters. The van der Waals surface area contributed by atoms with Crippen molar-refractivity contribution in [3.63, 3.8) is 0 Å². The number of ether oxygens (including phenoxy) is 3. The SMILES string of the molecule is O=C(COCC1CCCCO1)N1CCC2(CC1)OCCc1c2[nH]c2ccccc12. The average Bonchev–Trinajstić information content (AvgIpc) is 3.16. The number of carbonyl (C=O) groups is 1. The number of hydrogen-bond acceptors (Lipinski definition) is 4. The highest BCUT2D eigenvalue weighted by molar-refractivity contribution is 5.85. The maximum atomic E-state index is 12.6. The zero-order valence-corrected chi connectivity index (χ0v) is 17.0. The summed E-state index contributed by atoms with van der Waals surface area (Å²) in [5, 5.41) is 1.31. The van der Waals surface area contributed by atoms with Gasteiger partial charge in [0.1, 0.15) is 12.2 Å². The van der Waals surface area contributed by atoms with Gasteiger partial charge in [0, 0.05) is 30.6 Å². The van der Waals surface area contributed by atoms with E-state index >= 15 is 0 Å². The summed E-state index contributed by atoms with van der Waals surface area (Å²) in [5.74, 6) is 0.0725. The lowest BCUT2D eigenvalue weighted by atomic mass is 9.83. The Labute approximate surface area is 171 Å². The minimum absolute atomic E-state index is 0.0725. The Morgan fingerprint density at radius 3 is 2.90 bits per heavy atom. The van der Waals surface area contributed by atoms with Gasteiger partial charge in [-0.2, -0.15) is 0 Å². The molecule has 156 valence electrons. The second kappa shape index (κ2) is 8.09. The lowest BCUT2D eigenvalue weighted by Gasteiger charge is -2.43. The standard InChI is InChI=1S/C23H30N2O4/c26-21(16-27-15-17-5-3-4-13-28-17)25-11-9-23(10-12-25)22-19(8-14-29-23)18-6-1-2-7-20(18)24-22/h1-2,6-7,17,24H,3-5,8-16H2. The van der Waals surface area contributed by atoms with Crippen molar-refractivity contribution >= 4 is 16.8 Å². The Hall–Kier alpha value is -1.89. The van der Waals surface area contributed by atoms with Crippen molar-refractivity contribution in [2.45, 2.75) is 50.2 Å². The van der Waals surface area contributed by atoms with Gasteiger partial charge in [0.05, 0.1) is 25.0 Å². The van der Waals surface area contributed by atoms with Crippen LogP contribution in [0.15, 0.2) is 24.3 Å². The number of hydrogen-bond donors (Lipinski definition) is 1. The first-order valence-electron chi connectivity index (χ1n) is 11.0. The molecule has 1 aromatic heterocycles. The summed E-state index contributed by atoms with van der Waals surface area (Å²) in [6.45, 7) is 3.63. The van der Waals surface area contributed by atoms with Crippen LogP contribution in [0.2, 0.25) is 0 Å². The summed E-state index contributed by atoms with van der Waals surface area (Å²) >= 11 is 0. The minimum atomic E-state index is -0.291. The molecule has 0 bridgehead atoms. The smallest absolute Gasteiger partial charge is 0.248 e. The van der Waals surface area contributed by atoms with Crippen LogP contribution >= 0.6 is 0 Å². The maximum Gasteiger partial charge on any atom is 0.248 e. The highest BCUT2D eigenvalue weighted by atomic mass is 16.5. The van der Waals surface area contributed by atoms with E-state index in [9.17, 15) is 4.79 Å². The molecule has 0 saturated carbocycles. The van der Waals surface area contributed by atoms with Crippen LogP contribution in [-0.2, 0) is 31.0 Å². The third-order valence-electron chi connectivity index (χ3n) is 6.73. The number of carbonyl (C=O) groups excluding carboxylic acids is 1. The van der Waals surface area contributed by atoms with E-state index < -0.39 is 0 Å². The van der Waals surface area contributed by atoms with Crippen LogP contribution < -0.4 is 0 Å². The minimum Gasteiger partial charge on any atom is -0.376 e. The van der Waals surface area contributed by atoms with Gasteiger partial charge < -0.3 is 24.1 Å². The zero-order valence-electron chi connectivity index (χ0n) is 17.0. The largest absolute Gasteiger partial charge is 0.376 e. The first kappa shape index (κ1) is 19.1. The molecule has 2 fully saturated rings. The number of piperidine rings is 1. The third-order valence-corrected chi connectivity index (χ3v) is 6.73. The quantitative estimate of drug-likeness (QED) is 0.859. The van der Waals surface area contributed by atoms with Crippen LogP contribution in [0, 0.1) is 0 Å². The average molecular weight is 399 g/mol. The molecular formula is C23H30N2O4. The third kappa shape index (κ3) is 3.69.